The monoisotopic (exact) mass is 306 g/mol. The molecule has 0 radical (unpaired) electrons. The Hall–Kier alpha value is -1.31. The lowest BCUT2D eigenvalue weighted by Gasteiger charge is -2.05. The second-order valence-corrected chi connectivity index (χ2v) is 5.60. The molecule has 0 amide bonds. The molecule has 0 unspecified atom stereocenters. The van der Waals surface area contributed by atoms with Gasteiger partial charge in [0.25, 0.3) is 0 Å². The summed E-state index contributed by atoms with van der Waals surface area (Å²) in [5, 5.41) is 0.916. The van der Waals surface area contributed by atoms with Crippen molar-refractivity contribution in [2.45, 2.75) is 26.2 Å². The van der Waals surface area contributed by atoms with Gasteiger partial charge in [-0.1, -0.05) is 60.8 Å². The Bertz CT molecular complexity index is 603. The van der Waals surface area contributed by atoms with E-state index in [1.165, 1.54) is 12.0 Å². The fourth-order valence-corrected chi connectivity index (χ4v) is 2.53. The van der Waals surface area contributed by atoms with Crippen molar-refractivity contribution in [1.82, 2.24) is 0 Å². The molecule has 2 aromatic carbocycles. The first-order valence-electron chi connectivity index (χ1n) is 6.70. The minimum absolute atomic E-state index is 0.0753. The van der Waals surface area contributed by atoms with Gasteiger partial charge in [0.1, 0.15) is 0 Å². The summed E-state index contributed by atoms with van der Waals surface area (Å²) in [4.78, 5) is 12.4. The van der Waals surface area contributed by atoms with Crippen LogP contribution >= 0.6 is 23.2 Å². The SMILES string of the molecule is CCCCc1ccc(C(=O)c2ccc(Cl)cc2Cl)cc1. The van der Waals surface area contributed by atoms with Gasteiger partial charge in [-0.3, -0.25) is 4.79 Å². The van der Waals surface area contributed by atoms with E-state index in [4.69, 9.17) is 23.2 Å². The van der Waals surface area contributed by atoms with Crippen LogP contribution in [-0.4, -0.2) is 5.78 Å². The molecule has 0 fully saturated rings. The second-order valence-electron chi connectivity index (χ2n) is 4.75. The molecular formula is C17H16Cl2O. The van der Waals surface area contributed by atoms with Gasteiger partial charge < -0.3 is 0 Å². The van der Waals surface area contributed by atoms with Crippen molar-refractivity contribution in [2.24, 2.45) is 0 Å². The molecule has 0 spiro atoms. The molecule has 20 heavy (non-hydrogen) atoms. The Balaban J connectivity index is 2.20. The van der Waals surface area contributed by atoms with Gasteiger partial charge in [-0.15, -0.1) is 0 Å². The van der Waals surface area contributed by atoms with Gasteiger partial charge in [-0.25, -0.2) is 0 Å². The van der Waals surface area contributed by atoms with Crippen LogP contribution < -0.4 is 0 Å². The van der Waals surface area contributed by atoms with Crippen LogP contribution in [0, 0.1) is 0 Å². The second kappa shape index (κ2) is 6.92. The summed E-state index contributed by atoms with van der Waals surface area (Å²) in [5.74, 6) is -0.0753. The van der Waals surface area contributed by atoms with Crippen LogP contribution in [0.3, 0.4) is 0 Å². The first-order valence-corrected chi connectivity index (χ1v) is 7.46. The molecule has 0 saturated carbocycles. The quantitative estimate of drug-likeness (QED) is 0.660. The molecule has 0 bridgehead atoms. The molecule has 1 nitrogen and oxygen atoms in total. The highest BCUT2D eigenvalue weighted by molar-refractivity contribution is 6.37. The number of unbranched alkanes of at least 4 members (excludes halogenated alkanes) is 1. The van der Waals surface area contributed by atoms with Crippen LogP contribution in [0.5, 0.6) is 0 Å². The van der Waals surface area contributed by atoms with E-state index >= 15 is 0 Å². The molecule has 0 aliphatic heterocycles. The third kappa shape index (κ3) is 3.62. The predicted octanol–water partition coefficient (Wildman–Crippen LogP) is 5.57. The van der Waals surface area contributed by atoms with Gasteiger partial charge in [0.15, 0.2) is 5.78 Å². The molecule has 0 saturated heterocycles. The Morgan fingerprint density at radius 1 is 1.05 bits per heavy atom. The molecule has 3 heteroatoms. The highest BCUT2D eigenvalue weighted by atomic mass is 35.5. The lowest BCUT2D eigenvalue weighted by molar-refractivity contribution is 0.103. The van der Waals surface area contributed by atoms with Crippen LogP contribution in [0.2, 0.25) is 10.0 Å². The van der Waals surface area contributed by atoms with Crippen LogP contribution in [0.15, 0.2) is 42.5 Å². The minimum atomic E-state index is -0.0753. The molecule has 0 atom stereocenters. The number of hydrogen-bond donors (Lipinski definition) is 0. The molecule has 0 aromatic heterocycles. The first kappa shape index (κ1) is 15.1. The van der Waals surface area contributed by atoms with Gasteiger partial charge in [0.2, 0.25) is 0 Å². The number of rotatable bonds is 5. The van der Waals surface area contributed by atoms with E-state index in [-0.39, 0.29) is 5.78 Å². The van der Waals surface area contributed by atoms with Crippen molar-refractivity contribution in [2.75, 3.05) is 0 Å². The lowest BCUT2D eigenvalue weighted by Crippen LogP contribution is -2.02. The number of hydrogen-bond acceptors (Lipinski definition) is 1. The van der Waals surface area contributed by atoms with E-state index in [9.17, 15) is 4.79 Å². The van der Waals surface area contributed by atoms with Crippen LogP contribution in [-0.2, 0) is 6.42 Å². The molecular weight excluding hydrogens is 291 g/mol. The molecule has 104 valence electrons. The zero-order valence-electron chi connectivity index (χ0n) is 11.3. The van der Waals surface area contributed by atoms with E-state index in [1.807, 2.05) is 24.3 Å². The van der Waals surface area contributed by atoms with E-state index in [2.05, 4.69) is 6.92 Å². The van der Waals surface area contributed by atoms with Crippen molar-refractivity contribution in [3.8, 4) is 0 Å². The zero-order chi connectivity index (χ0) is 14.5. The summed E-state index contributed by atoms with van der Waals surface area (Å²) >= 11 is 11.9. The smallest absolute Gasteiger partial charge is 0.194 e. The number of carbonyl (C=O) groups excluding carboxylic acids is 1. The third-order valence-corrected chi connectivity index (χ3v) is 3.76. The fourth-order valence-electron chi connectivity index (χ4n) is 2.03. The van der Waals surface area contributed by atoms with Gasteiger partial charge >= 0.3 is 0 Å². The Morgan fingerprint density at radius 2 is 1.75 bits per heavy atom. The average Bonchev–Trinajstić information content (AvgIpc) is 2.45. The Labute approximate surface area is 129 Å². The third-order valence-electron chi connectivity index (χ3n) is 3.21. The maximum atomic E-state index is 12.4. The number of benzene rings is 2. The summed E-state index contributed by atoms with van der Waals surface area (Å²) in [6.07, 6.45) is 3.38. The number of ketones is 1. The number of halogens is 2. The van der Waals surface area contributed by atoms with Crippen molar-refractivity contribution in [1.29, 1.82) is 0 Å². The molecule has 0 aliphatic carbocycles. The molecule has 0 heterocycles. The molecule has 2 rings (SSSR count). The summed E-state index contributed by atoms with van der Waals surface area (Å²) < 4.78 is 0. The zero-order valence-corrected chi connectivity index (χ0v) is 12.8. The predicted molar refractivity (Wildman–Crippen MR) is 84.9 cm³/mol. The molecule has 0 N–H and O–H groups in total. The van der Waals surface area contributed by atoms with E-state index in [0.717, 1.165) is 12.8 Å². The van der Waals surface area contributed by atoms with Crippen molar-refractivity contribution in [3.05, 3.63) is 69.2 Å². The van der Waals surface area contributed by atoms with Crippen LogP contribution in [0.25, 0.3) is 0 Å². The number of carbonyl (C=O) groups is 1. The minimum Gasteiger partial charge on any atom is -0.289 e. The highest BCUT2D eigenvalue weighted by Gasteiger charge is 2.13. The van der Waals surface area contributed by atoms with E-state index in [1.54, 1.807) is 18.2 Å². The van der Waals surface area contributed by atoms with Crippen LogP contribution in [0.1, 0.15) is 41.3 Å². The Morgan fingerprint density at radius 3 is 2.35 bits per heavy atom. The van der Waals surface area contributed by atoms with Gasteiger partial charge in [0.05, 0.1) is 5.02 Å². The van der Waals surface area contributed by atoms with Gasteiger partial charge in [-0.2, -0.15) is 0 Å². The van der Waals surface area contributed by atoms with Crippen molar-refractivity contribution >= 4 is 29.0 Å². The Kier molecular flexibility index (Phi) is 5.22. The van der Waals surface area contributed by atoms with E-state index in [0.29, 0.717) is 21.2 Å². The van der Waals surface area contributed by atoms with Gasteiger partial charge in [-0.05, 0) is 36.6 Å². The van der Waals surface area contributed by atoms with Crippen molar-refractivity contribution < 1.29 is 4.79 Å². The van der Waals surface area contributed by atoms with Gasteiger partial charge in [0, 0.05) is 16.1 Å². The average molecular weight is 307 g/mol. The number of aryl methyl sites for hydroxylation is 1. The topological polar surface area (TPSA) is 17.1 Å². The summed E-state index contributed by atoms with van der Waals surface area (Å²) in [5.41, 5.74) is 2.39. The maximum Gasteiger partial charge on any atom is 0.194 e. The normalized spacial score (nSPS) is 10.6. The van der Waals surface area contributed by atoms with Crippen LogP contribution in [0.4, 0.5) is 0 Å². The van der Waals surface area contributed by atoms with Crippen molar-refractivity contribution in [3.63, 3.8) is 0 Å². The maximum absolute atomic E-state index is 12.4. The van der Waals surface area contributed by atoms with E-state index < -0.39 is 0 Å². The fraction of sp³-hybridized carbons (Fsp3) is 0.235. The highest BCUT2D eigenvalue weighted by Crippen LogP contribution is 2.23. The first-order chi connectivity index (χ1) is 9.61. The summed E-state index contributed by atoms with van der Waals surface area (Å²) in [6, 6.07) is 12.7. The molecule has 2 aromatic rings. The lowest BCUT2D eigenvalue weighted by atomic mass is 10.0. The summed E-state index contributed by atoms with van der Waals surface area (Å²) in [7, 11) is 0. The standard InChI is InChI=1S/C17H16Cl2O/c1-2-3-4-12-5-7-13(8-6-12)17(20)15-10-9-14(18)11-16(15)19/h5-11H,2-4H2,1H3. The summed E-state index contributed by atoms with van der Waals surface area (Å²) in [6.45, 7) is 2.17. The molecule has 0 aliphatic rings. The largest absolute Gasteiger partial charge is 0.289 e.